The van der Waals surface area contributed by atoms with Crippen molar-refractivity contribution in [3.8, 4) is 5.75 Å². The van der Waals surface area contributed by atoms with Crippen LogP contribution in [0.25, 0.3) is 10.8 Å². The van der Waals surface area contributed by atoms with Gasteiger partial charge in [0.1, 0.15) is 12.0 Å². The number of rotatable bonds is 5. The fourth-order valence-corrected chi connectivity index (χ4v) is 6.48. The Bertz CT molecular complexity index is 906. The first-order valence-corrected chi connectivity index (χ1v) is 12.5. The second kappa shape index (κ2) is 8.94. The van der Waals surface area contributed by atoms with E-state index < -0.39 is 0 Å². The van der Waals surface area contributed by atoms with Crippen LogP contribution in [0.1, 0.15) is 70.3 Å². The van der Waals surface area contributed by atoms with E-state index in [1.165, 1.54) is 61.3 Å². The zero-order valence-electron chi connectivity index (χ0n) is 19.0. The Morgan fingerprint density at radius 3 is 2.42 bits per heavy atom. The molecule has 1 atom stereocenters. The summed E-state index contributed by atoms with van der Waals surface area (Å²) in [6.07, 6.45) is 12.9. The van der Waals surface area contributed by atoms with Crippen molar-refractivity contribution >= 4 is 17.1 Å². The van der Waals surface area contributed by atoms with Crippen LogP contribution in [0.4, 0.5) is 0 Å². The standard InChI is InChI=1S/C28H37NO2/c1-21-3-2-12-28(21)13-8-26(9-14-28)31-27-7-6-24-17-23(4-5-25(24)18-27)19-29-15-10-22(20-30)11-16-29/h4-7,17-18,20-22,26H,2-3,8-16,19H2,1H3. The third-order valence-electron chi connectivity index (χ3n) is 8.70. The molecule has 1 aliphatic heterocycles. The van der Waals surface area contributed by atoms with Crippen molar-refractivity contribution in [2.75, 3.05) is 13.1 Å². The SMILES string of the molecule is CC1CCCC12CCC(Oc1ccc3cc(CN4CCC(C=O)CC4)ccc3c1)CC2. The molecule has 1 spiro atoms. The minimum Gasteiger partial charge on any atom is -0.490 e. The number of fused-ring (bicyclic) bond motifs is 1. The van der Waals surface area contributed by atoms with Crippen molar-refractivity contribution in [2.24, 2.45) is 17.3 Å². The van der Waals surface area contributed by atoms with Gasteiger partial charge in [-0.25, -0.2) is 0 Å². The minimum atomic E-state index is 0.266. The lowest BCUT2D eigenvalue weighted by Crippen LogP contribution is -2.34. The number of carbonyl (C=O) groups is 1. The highest BCUT2D eigenvalue weighted by Gasteiger charge is 2.42. The first kappa shape index (κ1) is 21.0. The maximum atomic E-state index is 11.0. The summed E-state index contributed by atoms with van der Waals surface area (Å²) in [7, 11) is 0. The Balaban J connectivity index is 1.19. The van der Waals surface area contributed by atoms with E-state index in [-0.39, 0.29) is 5.92 Å². The number of likely N-dealkylation sites (tertiary alicyclic amines) is 1. The van der Waals surface area contributed by atoms with Crippen LogP contribution in [-0.2, 0) is 11.3 Å². The van der Waals surface area contributed by atoms with Gasteiger partial charge < -0.3 is 9.53 Å². The monoisotopic (exact) mass is 419 g/mol. The second-order valence-corrected chi connectivity index (χ2v) is 10.6. The van der Waals surface area contributed by atoms with Gasteiger partial charge in [0.2, 0.25) is 0 Å². The van der Waals surface area contributed by atoms with Gasteiger partial charge in [0.15, 0.2) is 0 Å². The fraction of sp³-hybridized carbons (Fsp3) is 0.607. The van der Waals surface area contributed by atoms with E-state index in [0.29, 0.717) is 11.5 Å². The Hall–Kier alpha value is -1.87. The lowest BCUT2D eigenvalue weighted by Gasteiger charge is -2.40. The molecule has 0 aromatic heterocycles. The molecule has 2 aromatic carbocycles. The summed E-state index contributed by atoms with van der Waals surface area (Å²) in [4.78, 5) is 13.4. The van der Waals surface area contributed by atoms with Crippen molar-refractivity contribution in [1.82, 2.24) is 4.90 Å². The molecule has 1 saturated heterocycles. The van der Waals surface area contributed by atoms with Gasteiger partial charge in [0, 0.05) is 12.5 Å². The Morgan fingerprint density at radius 2 is 1.71 bits per heavy atom. The fourth-order valence-electron chi connectivity index (χ4n) is 6.48. The predicted octanol–water partition coefficient (Wildman–Crippen LogP) is 6.38. The summed E-state index contributed by atoms with van der Waals surface area (Å²) in [5, 5.41) is 2.55. The third kappa shape index (κ3) is 4.53. The van der Waals surface area contributed by atoms with Gasteiger partial charge in [-0.1, -0.05) is 38.0 Å². The van der Waals surface area contributed by atoms with Gasteiger partial charge in [-0.2, -0.15) is 0 Å². The van der Waals surface area contributed by atoms with E-state index in [1.807, 2.05) is 0 Å². The average Bonchev–Trinajstić information content (AvgIpc) is 3.15. The molecule has 1 heterocycles. The topological polar surface area (TPSA) is 29.5 Å². The van der Waals surface area contributed by atoms with Crippen molar-refractivity contribution in [2.45, 2.75) is 77.4 Å². The van der Waals surface area contributed by atoms with Crippen LogP contribution in [0.15, 0.2) is 36.4 Å². The smallest absolute Gasteiger partial charge is 0.123 e. The maximum absolute atomic E-state index is 11.0. The zero-order valence-corrected chi connectivity index (χ0v) is 19.0. The van der Waals surface area contributed by atoms with Gasteiger partial charge in [0.05, 0.1) is 6.10 Å². The Labute approximate surface area is 187 Å². The first-order chi connectivity index (χ1) is 15.1. The Morgan fingerprint density at radius 1 is 0.968 bits per heavy atom. The molecule has 0 radical (unpaired) electrons. The molecule has 1 unspecified atom stereocenters. The van der Waals surface area contributed by atoms with Gasteiger partial charge in [0.25, 0.3) is 0 Å². The molecule has 3 aliphatic rings. The largest absolute Gasteiger partial charge is 0.490 e. The average molecular weight is 420 g/mol. The second-order valence-electron chi connectivity index (χ2n) is 10.6. The van der Waals surface area contributed by atoms with E-state index in [4.69, 9.17) is 4.74 Å². The van der Waals surface area contributed by atoms with Gasteiger partial charge >= 0.3 is 0 Å². The number of carbonyl (C=O) groups excluding carboxylic acids is 1. The third-order valence-corrected chi connectivity index (χ3v) is 8.70. The lowest BCUT2D eigenvalue weighted by molar-refractivity contribution is -0.112. The number of nitrogens with zero attached hydrogens (tertiary/aromatic N) is 1. The molecule has 3 heteroatoms. The van der Waals surface area contributed by atoms with E-state index in [9.17, 15) is 4.79 Å². The highest BCUT2D eigenvalue weighted by atomic mass is 16.5. The van der Waals surface area contributed by atoms with Crippen LogP contribution in [0.2, 0.25) is 0 Å². The van der Waals surface area contributed by atoms with Crippen molar-refractivity contribution < 1.29 is 9.53 Å². The van der Waals surface area contributed by atoms with Crippen LogP contribution in [0, 0.1) is 17.3 Å². The number of benzene rings is 2. The van der Waals surface area contributed by atoms with Crippen molar-refractivity contribution in [3.05, 3.63) is 42.0 Å². The summed E-state index contributed by atoms with van der Waals surface area (Å²) in [5.41, 5.74) is 1.98. The summed E-state index contributed by atoms with van der Waals surface area (Å²) < 4.78 is 6.44. The number of ether oxygens (including phenoxy) is 1. The molecular weight excluding hydrogens is 382 g/mol. The zero-order chi connectivity index (χ0) is 21.3. The number of piperidine rings is 1. The molecule has 0 amide bonds. The molecule has 2 aromatic rings. The van der Waals surface area contributed by atoms with Crippen LogP contribution in [0.3, 0.4) is 0 Å². The van der Waals surface area contributed by atoms with E-state index in [0.717, 1.165) is 50.4 Å². The lowest BCUT2D eigenvalue weighted by atomic mass is 9.67. The highest BCUT2D eigenvalue weighted by Crippen LogP contribution is 2.52. The number of aldehydes is 1. The van der Waals surface area contributed by atoms with Crippen molar-refractivity contribution in [3.63, 3.8) is 0 Å². The molecule has 2 aliphatic carbocycles. The van der Waals surface area contributed by atoms with Crippen LogP contribution in [0.5, 0.6) is 5.75 Å². The van der Waals surface area contributed by atoms with Crippen LogP contribution < -0.4 is 4.74 Å². The Kier molecular flexibility index (Phi) is 6.05. The number of hydrogen-bond donors (Lipinski definition) is 0. The molecule has 2 saturated carbocycles. The van der Waals surface area contributed by atoms with Gasteiger partial charge in [-0.15, -0.1) is 0 Å². The quantitative estimate of drug-likeness (QED) is 0.527. The van der Waals surface area contributed by atoms with Crippen LogP contribution >= 0.6 is 0 Å². The summed E-state index contributed by atoms with van der Waals surface area (Å²) in [5.74, 6) is 2.19. The minimum absolute atomic E-state index is 0.266. The summed E-state index contributed by atoms with van der Waals surface area (Å²) in [6, 6.07) is 13.4. The molecule has 3 nitrogen and oxygen atoms in total. The van der Waals surface area contributed by atoms with Gasteiger partial charge in [-0.05, 0) is 104 Å². The van der Waals surface area contributed by atoms with E-state index in [2.05, 4.69) is 48.2 Å². The van der Waals surface area contributed by atoms with E-state index in [1.54, 1.807) is 0 Å². The predicted molar refractivity (Wildman–Crippen MR) is 126 cm³/mol. The molecule has 166 valence electrons. The van der Waals surface area contributed by atoms with E-state index >= 15 is 0 Å². The molecule has 3 fully saturated rings. The van der Waals surface area contributed by atoms with Gasteiger partial charge in [-0.3, -0.25) is 4.90 Å². The van der Waals surface area contributed by atoms with Crippen LogP contribution in [-0.4, -0.2) is 30.4 Å². The molecule has 31 heavy (non-hydrogen) atoms. The normalized spacial score (nSPS) is 30.1. The summed E-state index contributed by atoms with van der Waals surface area (Å²) in [6.45, 7) is 5.49. The van der Waals surface area contributed by atoms with Crippen molar-refractivity contribution in [1.29, 1.82) is 0 Å². The molecule has 0 bridgehead atoms. The molecule has 0 N–H and O–H groups in total. The number of hydrogen-bond acceptors (Lipinski definition) is 3. The highest BCUT2D eigenvalue weighted by molar-refractivity contribution is 5.84. The molecular formula is C28H37NO2. The summed E-state index contributed by atoms with van der Waals surface area (Å²) >= 11 is 0. The maximum Gasteiger partial charge on any atom is 0.123 e. The first-order valence-electron chi connectivity index (χ1n) is 12.5. The molecule has 5 rings (SSSR count).